The van der Waals surface area contributed by atoms with Crippen molar-refractivity contribution in [2.75, 3.05) is 26.3 Å². The number of hydrogen-bond donors (Lipinski definition) is 2. The van der Waals surface area contributed by atoms with Gasteiger partial charge in [0, 0.05) is 32.0 Å². The highest BCUT2D eigenvalue weighted by Crippen LogP contribution is 2.01. The molecule has 2 heterocycles. The van der Waals surface area contributed by atoms with Crippen LogP contribution in [0.25, 0.3) is 0 Å². The average molecular weight is 238 g/mol. The minimum atomic E-state index is 0.0551. The number of ether oxygens (including phenoxy) is 1. The Morgan fingerprint density at radius 1 is 1.59 bits per heavy atom. The molecule has 1 saturated heterocycles. The molecule has 1 aliphatic rings. The fraction of sp³-hybridized carbons (Fsp3) is 0.583. The molecule has 2 N–H and O–H groups in total. The second-order valence-electron chi connectivity index (χ2n) is 4.11. The lowest BCUT2D eigenvalue weighted by Gasteiger charge is -2.23. The molecule has 0 saturated carbocycles. The minimum absolute atomic E-state index is 0.0551. The molecular weight excluding hydrogens is 220 g/mol. The molecule has 1 aromatic heterocycles. The van der Waals surface area contributed by atoms with E-state index in [0.29, 0.717) is 19.6 Å². The maximum atomic E-state index is 11.6. The molecule has 2 rings (SSSR count). The van der Waals surface area contributed by atoms with Crippen LogP contribution in [0.15, 0.2) is 22.8 Å². The van der Waals surface area contributed by atoms with E-state index in [9.17, 15) is 4.79 Å². The first-order chi connectivity index (χ1) is 8.34. The van der Waals surface area contributed by atoms with Crippen molar-refractivity contribution in [3.8, 4) is 0 Å². The molecule has 0 aliphatic carbocycles. The predicted molar refractivity (Wildman–Crippen MR) is 62.6 cm³/mol. The third-order valence-electron chi connectivity index (χ3n) is 2.70. The molecule has 17 heavy (non-hydrogen) atoms. The highest BCUT2D eigenvalue weighted by molar-refractivity contribution is 5.76. The van der Waals surface area contributed by atoms with E-state index in [1.807, 2.05) is 12.1 Å². The van der Waals surface area contributed by atoms with Gasteiger partial charge in [-0.2, -0.15) is 0 Å². The van der Waals surface area contributed by atoms with E-state index in [4.69, 9.17) is 9.15 Å². The van der Waals surface area contributed by atoms with Crippen LogP contribution in [0.2, 0.25) is 0 Å². The van der Waals surface area contributed by atoms with Crippen molar-refractivity contribution in [2.45, 2.75) is 18.9 Å². The highest BCUT2D eigenvalue weighted by atomic mass is 16.5. The Balaban J connectivity index is 1.60. The number of nitrogens with one attached hydrogen (secondary N) is 2. The first-order valence-electron chi connectivity index (χ1n) is 5.95. The zero-order chi connectivity index (χ0) is 11.9. The van der Waals surface area contributed by atoms with Gasteiger partial charge in [0.15, 0.2) is 0 Å². The Bertz CT molecular complexity index is 332. The standard InChI is InChI=1S/C12H18N2O3/c15-12(8-10-9-16-7-5-13-10)14-4-3-11-2-1-6-17-11/h1-2,6,10,13H,3-5,7-9H2,(H,14,15). The van der Waals surface area contributed by atoms with Crippen molar-refractivity contribution in [1.82, 2.24) is 10.6 Å². The van der Waals surface area contributed by atoms with Crippen LogP contribution in [-0.2, 0) is 16.0 Å². The first kappa shape index (κ1) is 12.1. The van der Waals surface area contributed by atoms with E-state index in [-0.39, 0.29) is 11.9 Å². The van der Waals surface area contributed by atoms with E-state index in [1.165, 1.54) is 0 Å². The molecule has 0 aromatic carbocycles. The van der Waals surface area contributed by atoms with Crippen molar-refractivity contribution < 1.29 is 13.9 Å². The van der Waals surface area contributed by atoms with Crippen LogP contribution in [0.3, 0.4) is 0 Å². The molecule has 0 radical (unpaired) electrons. The van der Waals surface area contributed by atoms with Gasteiger partial charge in [-0.1, -0.05) is 0 Å². The van der Waals surface area contributed by atoms with Crippen molar-refractivity contribution in [1.29, 1.82) is 0 Å². The van der Waals surface area contributed by atoms with Gasteiger partial charge in [0.25, 0.3) is 0 Å². The van der Waals surface area contributed by atoms with E-state index in [0.717, 1.165) is 25.3 Å². The summed E-state index contributed by atoms with van der Waals surface area (Å²) < 4.78 is 10.5. The minimum Gasteiger partial charge on any atom is -0.469 e. The average Bonchev–Trinajstić information content (AvgIpc) is 2.83. The van der Waals surface area contributed by atoms with Gasteiger partial charge in [-0.25, -0.2) is 0 Å². The summed E-state index contributed by atoms with van der Waals surface area (Å²) >= 11 is 0. The molecule has 1 unspecified atom stereocenters. The third kappa shape index (κ3) is 4.20. The summed E-state index contributed by atoms with van der Waals surface area (Å²) in [6, 6.07) is 3.90. The van der Waals surface area contributed by atoms with Gasteiger partial charge in [0.1, 0.15) is 5.76 Å². The topological polar surface area (TPSA) is 63.5 Å². The molecule has 5 nitrogen and oxygen atoms in total. The number of hydrogen-bond acceptors (Lipinski definition) is 4. The second-order valence-corrected chi connectivity index (χ2v) is 4.11. The van der Waals surface area contributed by atoms with Crippen LogP contribution in [0, 0.1) is 0 Å². The predicted octanol–water partition coefficient (Wildman–Crippen LogP) is 0.317. The number of furan rings is 1. The Morgan fingerprint density at radius 2 is 2.53 bits per heavy atom. The molecule has 1 aliphatic heterocycles. The summed E-state index contributed by atoms with van der Waals surface area (Å²) in [5.41, 5.74) is 0. The summed E-state index contributed by atoms with van der Waals surface area (Å²) in [7, 11) is 0. The zero-order valence-corrected chi connectivity index (χ0v) is 9.78. The maximum Gasteiger partial charge on any atom is 0.221 e. The smallest absolute Gasteiger partial charge is 0.221 e. The second kappa shape index (κ2) is 6.42. The Hall–Kier alpha value is -1.33. The molecular formula is C12H18N2O3. The summed E-state index contributed by atoms with van der Waals surface area (Å²) in [6.07, 6.45) is 2.84. The van der Waals surface area contributed by atoms with E-state index < -0.39 is 0 Å². The maximum absolute atomic E-state index is 11.6. The van der Waals surface area contributed by atoms with Crippen LogP contribution in [-0.4, -0.2) is 38.3 Å². The monoisotopic (exact) mass is 238 g/mol. The van der Waals surface area contributed by atoms with Gasteiger partial charge < -0.3 is 19.8 Å². The fourth-order valence-corrected chi connectivity index (χ4v) is 1.83. The third-order valence-corrected chi connectivity index (χ3v) is 2.70. The zero-order valence-electron chi connectivity index (χ0n) is 9.78. The summed E-state index contributed by atoms with van der Waals surface area (Å²) in [4.78, 5) is 11.6. The lowest BCUT2D eigenvalue weighted by atomic mass is 10.2. The highest BCUT2D eigenvalue weighted by Gasteiger charge is 2.16. The van der Waals surface area contributed by atoms with Crippen LogP contribution < -0.4 is 10.6 Å². The first-order valence-corrected chi connectivity index (χ1v) is 5.95. The summed E-state index contributed by atoms with van der Waals surface area (Å²) in [5.74, 6) is 0.948. The Kier molecular flexibility index (Phi) is 4.58. The van der Waals surface area contributed by atoms with Gasteiger partial charge in [-0.05, 0) is 12.1 Å². The number of rotatable bonds is 5. The molecule has 5 heteroatoms. The van der Waals surface area contributed by atoms with Crippen LogP contribution in [0.5, 0.6) is 0 Å². The fourth-order valence-electron chi connectivity index (χ4n) is 1.83. The van der Waals surface area contributed by atoms with E-state index >= 15 is 0 Å². The molecule has 0 spiro atoms. The lowest BCUT2D eigenvalue weighted by Crippen LogP contribution is -2.44. The molecule has 1 aromatic rings. The quantitative estimate of drug-likeness (QED) is 0.775. The summed E-state index contributed by atoms with van der Waals surface area (Å²) in [5, 5.41) is 6.12. The largest absolute Gasteiger partial charge is 0.469 e. The van der Waals surface area contributed by atoms with Crippen LogP contribution in [0.1, 0.15) is 12.2 Å². The molecule has 0 bridgehead atoms. The van der Waals surface area contributed by atoms with Gasteiger partial charge in [-0.3, -0.25) is 4.79 Å². The SMILES string of the molecule is O=C(CC1COCCN1)NCCc1ccco1. The van der Waals surface area contributed by atoms with E-state index in [1.54, 1.807) is 6.26 Å². The van der Waals surface area contributed by atoms with Gasteiger partial charge in [0.2, 0.25) is 5.91 Å². The molecule has 1 amide bonds. The molecule has 1 fully saturated rings. The van der Waals surface area contributed by atoms with Crippen molar-refractivity contribution in [2.24, 2.45) is 0 Å². The van der Waals surface area contributed by atoms with Crippen molar-refractivity contribution >= 4 is 5.91 Å². The van der Waals surface area contributed by atoms with Crippen LogP contribution >= 0.6 is 0 Å². The number of morpholine rings is 1. The lowest BCUT2D eigenvalue weighted by molar-refractivity contribution is -0.122. The Morgan fingerprint density at radius 3 is 3.24 bits per heavy atom. The van der Waals surface area contributed by atoms with E-state index in [2.05, 4.69) is 10.6 Å². The van der Waals surface area contributed by atoms with Gasteiger partial charge >= 0.3 is 0 Å². The van der Waals surface area contributed by atoms with Crippen molar-refractivity contribution in [3.05, 3.63) is 24.2 Å². The Labute approximate surface area is 101 Å². The molecule has 94 valence electrons. The number of carbonyl (C=O) groups excluding carboxylic acids is 1. The molecule has 1 atom stereocenters. The van der Waals surface area contributed by atoms with Crippen molar-refractivity contribution in [3.63, 3.8) is 0 Å². The van der Waals surface area contributed by atoms with Gasteiger partial charge in [-0.15, -0.1) is 0 Å². The summed E-state index contributed by atoms with van der Waals surface area (Å²) in [6.45, 7) is 2.78. The normalized spacial score (nSPS) is 20.1. The van der Waals surface area contributed by atoms with Gasteiger partial charge in [0.05, 0.1) is 19.5 Å². The number of carbonyl (C=O) groups is 1. The van der Waals surface area contributed by atoms with Crippen LogP contribution in [0.4, 0.5) is 0 Å². The number of amides is 1.